The smallest absolute Gasteiger partial charge is 0.246 e. The van der Waals surface area contributed by atoms with Crippen LogP contribution in [0.25, 0.3) is 0 Å². The van der Waals surface area contributed by atoms with Crippen molar-refractivity contribution in [1.82, 2.24) is 9.62 Å². The Bertz CT molecular complexity index is 648. The molecule has 0 aromatic heterocycles. The van der Waals surface area contributed by atoms with E-state index in [9.17, 15) is 12.8 Å². The van der Waals surface area contributed by atoms with Gasteiger partial charge in [0.05, 0.1) is 6.54 Å². The Hall–Kier alpha value is -1.42. The Labute approximate surface area is 125 Å². The molecule has 0 atom stereocenters. The molecule has 4 nitrogen and oxygen atoms in total. The van der Waals surface area contributed by atoms with Crippen LogP contribution in [-0.4, -0.2) is 31.9 Å². The van der Waals surface area contributed by atoms with Gasteiger partial charge in [-0.1, -0.05) is 18.9 Å². The van der Waals surface area contributed by atoms with Crippen LogP contribution >= 0.6 is 0 Å². The van der Waals surface area contributed by atoms with E-state index in [1.54, 1.807) is 13.0 Å². The van der Waals surface area contributed by atoms with Crippen molar-refractivity contribution in [2.24, 2.45) is 0 Å². The molecule has 0 amide bonds. The summed E-state index contributed by atoms with van der Waals surface area (Å²) in [6, 6.07) is 4.73. The average Bonchev–Trinajstić information content (AvgIpc) is 3.26. The van der Waals surface area contributed by atoms with E-state index < -0.39 is 15.8 Å². The monoisotopic (exact) mass is 310 g/mol. The summed E-state index contributed by atoms with van der Waals surface area (Å²) in [6.07, 6.45) is 7.45. The van der Waals surface area contributed by atoms with Crippen molar-refractivity contribution in [3.8, 4) is 12.3 Å². The van der Waals surface area contributed by atoms with Crippen molar-refractivity contribution >= 4 is 10.0 Å². The number of benzene rings is 1. The molecular weight excluding hydrogens is 291 g/mol. The molecule has 0 heterocycles. The quantitative estimate of drug-likeness (QED) is 0.780. The lowest BCUT2D eigenvalue weighted by Gasteiger charge is -2.18. The maximum Gasteiger partial charge on any atom is 0.246 e. The van der Waals surface area contributed by atoms with Gasteiger partial charge in [-0.25, -0.2) is 12.8 Å². The zero-order chi connectivity index (χ0) is 15.5. The standard InChI is InChI=1S/C15H19FN2O2S/c1-3-9-18(4-2)21(19,20)15-8-5-12(10-14(15)16)11-17-13-6-7-13/h1,5,8,10,13,17H,4,6-7,9,11H2,2H3. The molecule has 2 rings (SSSR count). The van der Waals surface area contributed by atoms with Crippen LogP contribution in [0.4, 0.5) is 4.39 Å². The van der Waals surface area contributed by atoms with Crippen molar-refractivity contribution in [1.29, 1.82) is 0 Å². The first kappa shape index (κ1) is 16.0. The molecule has 114 valence electrons. The lowest BCUT2D eigenvalue weighted by molar-refractivity contribution is 0.457. The van der Waals surface area contributed by atoms with Crippen molar-refractivity contribution in [2.75, 3.05) is 13.1 Å². The number of terminal acetylenes is 1. The Morgan fingerprint density at radius 3 is 2.71 bits per heavy atom. The normalized spacial score (nSPS) is 15.1. The molecule has 0 unspecified atom stereocenters. The fourth-order valence-corrected chi connectivity index (χ4v) is 3.43. The van der Waals surface area contributed by atoms with Gasteiger partial charge in [0, 0.05) is 19.1 Å². The zero-order valence-electron chi connectivity index (χ0n) is 12.0. The summed E-state index contributed by atoms with van der Waals surface area (Å²) in [4.78, 5) is -0.324. The van der Waals surface area contributed by atoms with E-state index in [4.69, 9.17) is 6.42 Å². The molecule has 21 heavy (non-hydrogen) atoms. The van der Waals surface area contributed by atoms with Crippen molar-refractivity contribution in [3.63, 3.8) is 0 Å². The SMILES string of the molecule is C#CCN(CC)S(=O)(=O)c1ccc(CNC2CC2)cc1F. The van der Waals surface area contributed by atoms with Gasteiger partial charge in [0.15, 0.2) is 0 Å². The van der Waals surface area contributed by atoms with E-state index in [-0.39, 0.29) is 18.0 Å². The second kappa shape index (κ2) is 6.56. The fourth-order valence-electron chi connectivity index (χ4n) is 2.02. The summed E-state index contributed by atoms with van der Waals surface area (Å²) in [7, 11) is -3.88. The van der Waals surface area contributed by atoms with Crippen LogP contribution in [0, 0.1) is 18.2 Å². The number of nitrogens with one attached hydrogen (secondary N) is 1. The van der Waals surface area contributed by atoms with Gasteiger partial charge >= 0.3 is 0 Å². The number of sulfonamides is 1. The lowest BCUT2D eigenvalue weighted by atomic mass is 10.2. The van der Waals surface area contributed by atoms with E-state index in [1.807, 2.05) is 0 Å². The zero-order valence-corrected chi connectivity index (χ0v) is 12.8. The van der Waals surface area contributed by atoms with Gasteiger partial charge in [-0.3, -0.25) is 0 Å². The first-order valence-corrected chi connectivity index (χ1v) is 8.38. The molecule has 0 saturated heterocycles. The second-order valence-electron chi connectivity index (χ2n) is 5.06. The van der Waals surface area contributed by atoms with Crippen molar-refractivity contribution < 1.29 is 12.8 Å². The van der Waals surface area contributed by atoms with E-state index in [0.717, 1.165) is 22.7 Å². The molecule has 0 bridgehead atoms. The van der Waals surface area contributed by atoms with Crippen LogP contribution < -0.4 is 5.32 Å². The summed E-state index contributed by atoms with van der Waals surface area (Å²) in [6.45, 7) is 2.35. The third-order valence-corrected chi connectivity index (χ3v) is 5.36. The molecular formula is C15H19FN2O2S. The highest BCUT2D eigenvalue weighted by molar-refractivity contribution is 7.89. The molecule has 1 aliphatic rings. The van der Waals surface area contributed by atoms with Gasteiger partial charge in [0.2, 0.25) is 10.0 Å². The van der Waals surface area contributed by atoms with Gasteiger partial charge in [-0.15, -0.1) is 6.42 Å². The van der Waals surface area contributed by atoms with Crippen LogP contribution in [0.15, 0.2) is 23.1 Å². The predicted molar refractivity (Wildman–Crippen MR) is 79.5 cm³/mol. The number of hydrogen-bond acceptors (Lipinski definition) is 3. The summed E-state index contributed by atoms with van der Waals surface area (Å²) in [5, 5.41) is 3.26. The molecule has 1 fully saturated rings. The maximum absolute atomic E-state index is 14.1. The Kier molecular flexibility index (Phi) is 4.99. The highest BCUT2D eigenvalue weighted by atomic mass is 32.2. The van der Waals surface area contributed by atoms with E-state index in [0.29, 0.717) is 12.6 Å². The van der Waals surface area contributed by atoms with E-state index in [1.165, 1.54) is 12.1 Å². The van der Waals surface area contributed by atoms with Crippen molar-refractivity contribution in [3.05, 3.63) is 29.6 Å². The molecule has 6 heteroatoms. The minimum atomic E-state index is -3.88. The molecule has 0 radical (unpaired) electrons. The molecule has 0 aliphatic heterocycles. The topological polar surface area (TPSA) is 49.4 Å². The molecule has 1 saturated carbocycles. The number of halogens is 1. The Balaban J connectivity index is 2.20. The molecule has 1 aromatic rings. The van der Waals surface area contributed by atoms with Crippen LogP contribution in [0.1, 0.15) is 25.3 Å². The van der Waals surface area contributed by atoms with Gasteiger partial charge in [-0.05, 0) is 30.5 Å². The molecule has 1 aliphatic carbocycles. The number of nitrogens with zero attached hydrogens (tertiary/aromatic N) is 1. The highest BCUT2D eigenvalue weighted by Gasteiger charge is 2.26. The van der Waals surface area contributed by atoms with Gasteiger partial charge < -0.3 is 5.32 Å². The largest absolute Gasteiger partial charge is 0.310 e. The van der Waals surface area contributed by atoms with Crippen LogP contribution in [0.5, 0.6) is 0 Å². The van der Waals surface area contributed by atoms with Crippen LogP contribution in [0.3, 0.4) is 0 Å². The van der Waals surface area contributed by atoms with Crippen LogP contribution in [0.2, 0.25) is 0 Å². The molecule has 1 aromatic carbocycles. The fraction of sp³-hybridized carbons (Fsp3) is 0.467. The number of rotatable bonds is 7. The summed E-state index contributed by atoms with van der Waals surface area (Å²) < 4.78 is 39.9. The second-order valence-corrected chi connectivity index (χ2v) is 6.96. The first-order chi connectivity index (χ1) is 9.98. The Morgan fingerprint density at radius 2 is 2.19 bits per heavy atom. The first-order valence-electron chi connectivity index (χ1n) is 6.94. The van der Waals surface area contributed by atoms with Gasteiger partial charge in [0.25, 0.3) is 0 Å². The lowest BCUT2D eigenvalue weighted by Crippen LogP contribution is -2.32. The summed E-state index contributed by atoms with van der Waals surface area (Å²) in [5.74, 6) is 1.54. The van der Waals surface area contributed by atoms with Crippen molar-refractivity contribution in [2.45, 2.75) is 37.2 Å². The maximum atomic E-state index is 14.1. The van der Waals surface area contributed by atoms with Crippen LogP contribution in [-0.2, 0) is 16.6 Å². The summed E-state index contributed by atoms with van der Waals surface area (Å²) in [5.41, 5.74) is 0.735. The summed E-state index contributed by atoms with van der Waals surface area (Å²) >= 11 is 0. The minimum Gasteiger partial charge on any atom is -0.310 e. The predicted octanol–water partition coefficient (Wildman–Crippen LogP) is 1.72. The van der Waals surface area contributed by atoms with E-state index in [2.05, 4.69) is 11.2 Å². The Morgan fingerprint density at radius 1 is 1.48 bits per heavy atom. The average molecular weight is 310 g/mol. The minimum absolute atomic E-state index is 0.0662. The molecule has 0 spiro atoms. The van der Waals surface area contributed by atoms with E-state index >= 15 is 0 Å². The highest BCUT2D eigenvalue weighted by Crippen LogP contribution is 2.22. The third kappa shape index (κ3) is 3.82. The van der Waals surface area contributed by atoms with Gasteiger partial charge in [-0.2, -0.15) is 4.31 Å². The number of hydrogen-bond donors (Lipinski definition) is 1. The molecule has 1 N–H and O–H groups in total. The third-order valence-electron chi connectivity index (χ3n) is 3.41. The van der Waals surface area contributed by atoms with Gasteiger partial charge in [0.1, 0.15) is 10.7 Å².